The maximum absolute atomic E-state index is 12.5. The SMILES string of the molecule is N#Cc1c[nH]c2ncc(-c3cncc(NS(=O)(=O)c4ccccc4)c3)cc12. The number of benzene rings is 1. The fourth-order valence-electron chi connectivity index (χ4n) is 2.72. The predicted molar refractivity (Wildman–Crippen MR) is 101 cm³/mol. The normalized spacial score (nSPS) is 11.2. The monoisotopic (exact) mass is 375 g/mol. The second kappa shape index (κ2) is 6.55. The second-order valence-electron chi connectivity index (χ2n) is 5.82. The molecule has 0 unspecified atom stereocenters. The minimum atomic E-state index is -3.70. The summed E-state index contributed by atoms with van der Waals surface area (Å²) in [6.45, 7) is 0. The summed E-state index contributed by atoms with van der Waals surface area (Å²) >= 11 is 0. The number of hydrogen-bond donors (Lipinski definition) is 2. The van der Waals surface area contributed by atoms with Crippen molar-refractivity contribution >= 4 is 26.7 Å². The summed E-state index contributed by atoms with van der Waals surface area (Å²) in [4.78, 5) is 11.5. The average Bonchev–Trinajstić information content (AvgIpc) is 3.11. The van der Waals surface area contributed by atoms with Gasteiger partial charge < -0.3 is 4.98 Å². The molecule has 0 saturated heterocycles. The summed E-state index contributed by atoms with van der Waals surface area (Å²) in [5, 5.41) is 9.88. The molecule has 0 saturated carbocycles. The van der Waals surface area contributed by atoms with Crippen LogP contribution in [0.5, 0.6) is 0 Å². The molecule has 0 bridgehead atoms. The Kier molecular flexibility index (Phi) is 4.06. The van der Waals surface area contributed by atoms with E-state index in [1.165, 1.54) is 18.3 Å². The third-order valence-electron chi connectivity index (χ3n) is 4.03. The Labute approximate surface area is 155 Å². The second-order valence-corrected chi connectivity index (χ2v) is 7.50. The van der Waals surface area contributed by atoms with Gasteiger partial charge in [-0.1, -0.05) is 18.2 Å². The lowest BCUT2D eigenvalue weighted by atomic mass is 10.1. The molecule has 0 radical (unpaired) electrons. The first kappa shape index (κ1) is 16.8. The molecule has 1 aromatic carbocycles. The highest BCUT2D eigenvalue weighted by molar-refractivity contribution is 7.92. The van der Waals surface area contributed by atoms with Gasteiger partial charge in [0.2, 0.25) is 0 Å². The smallest absolute Gasteiger partial charge is 0.261 e. The van der Waals surface area contributed by atoms with Crippen LogP contribution in [0, 0.1) is 11.3 Å². The first-order chi connectivity index (χ1) is 13.1. The molecule has 0 amide bonds. The van der Waals surface area contributed by atoms with Crippen LogP contribution in [0.3, 0.4) is 0 Å². The minimum Gasteiger partial charge on any atom is -0.345 e. The summed E-state index contributed by atoms with van der Waals surface area (Å²) in [5.74, 6) is 0. The van der Waals surface area contributed by atoms with Crippen LogP contribution in [-0.4, -0.2) is 23.4 Å². The Hall–Kier alpha value is -3.70. The van der Waals surface area contributed by atoms with Gasteiger partial charge in [0.1, 0.15) is 11.7 Å². The third kappa shape index (κ3) is 3.23. The lowest BCUT2D eigenvalue weighted by Gasteiger charge is -2.09. The van der Waals surface area contributed by atoms with Gasteiger partial charge in [0.15, 0.2) is 0 Å². The van der Waals surface area contributed by atoms with Gasteiger partial charge in [0.25, 0.3) is 10.0 Å². The number of nitriles is 1. The number of nitrogens with one attached hydrogen (secondary N) is 2. The molecule has 132 valence electrons. The van der Waals surface area contributed by atoms with Gasteiger partial charge >= 0.3 is 0 Å². The number of aromatic amines is 1. The highest BCUT2D eigenvalue weighted by atomic mass is 32.2. The zero-order valence-electron chi connectivity index (χ0n) is 13.9. The number of nitrogens with zero attached hydrogens (tertiary/aromatic N) is 3. The Morgan fingerprint density at radius 2 is 1.81 bits per heavy atom. The van der Waals surface area contributed by atoms with Crippen LogP contribution in [0.15, 0.2) is 72.1 Å². The summed E-state index contributed by atoms with van der Waals surface area (Å²) in [6.07, 6.45) is 6.30. The topological polar surface area (TPSA) is 112 Å². The highest BCUT2D eigenvalue weighted by Gasteiger charge is 2.14. The van der Waals surface area contributed by atoms with Crippen LogP contribution >= 0.6 is 0 Å². The van der Waals surface area contributed by atoms with Crippen molar-refractivity contribution < 1.29 is 8.42 Å². The number of sulfonamides is 1. The first-order valence-electron chi connectivity index (χ1n) is 7.97. The predicted octanol–water partition coefficient (Wildman–Crippen LogP) is 3.30. The zero-order valence-corrected chi connectivity index (χ0v) is 14.7. The van der Waals surface area contributed by atoms with Crippen molar-refractivity contribution in [2.24, 2.45) is 0 Å². The van der Waals surface area contributed by atoms with Crippen LogP contribution in [0.2, 0.25) is 0 Å². The fraction of sp³-hybridized carbons (Fsp3) is 0. The molecule has 0 fully saturated rings. The van der Waals surface area contributed by atoms with E-state index in [0.29, 0.717) is 27.8 Å². The van der Waals surface area contributed by atoms with Crippen molar-refractivity contribution in [3.05, 3.63) is 72.8 Å². The molecule has 3 heterocycles. The number of H-pyrrole nitrogens is 1. The molecular formula is C19H13N5O2S. The van der Waals surface area contributed by atoms with Crippen molar-refractivity contribution in [2.75, 3.05) is 4.72 Å². The van der Waals surface area contributed by atoms with Crippen molar-refractivity contribution in [1.82, 2.24) is 15.0 Å². The number of hydrogen-bond acceptors (Lipinski definition) is 5. The van der Waals surface area contributed by atoms with E-state index < -0.39 is 10.0 Å². The molecular weight excluding hydrogens is 362 g/mol. The Balaban J connectivity index is 1.70. The van der Waals surface area contributed by atoms with Gasteiger partial charge in [-0.05, 0) is 24.3 Å². The molecule has 0 atom stereocenters. The van der Waals surface area contributed by atoms with Gasteiger partial charge in [0.05, 0.1) is 22.3 Å². The molecule has 27 heavy (non-hydrogen) atoms. The maximum Gasteiger partial charge on any atom is 0.261 e. The molecule has 3 aromatic heterocycles. The maximum atomic E-state index is 12.5. The Morgan fingerprint density at radius 1 is 1.04 bits per heavy atom. The van der Waals surface area contributed by atoms with Crippen LogP contribution in [0.4, 0.5) is 5.69 Å². The van der Waals surface area contributed by atoms with E-state index in [1.807, 2.05) is 6.07 Å². The molecule has 7 nitrogen and oxygen atoms in total. The van der Waals surface area contributed by atoms with Crippen LogP contribution < -0.4 is 4.72 Å². The van der Waals surface area contributed by atoms with E-state index in [-0.39, 0.29) is 4.90 Å². The molecule has 0 aliphatic rings. The number of rotatable bonds is 4. The van der Waals surface area contributed by atoms with E-state index in [1.54, 1.807) is 42.9 Å². The first-order valence-corrected chi connectivity index (χ1v) is 9.46. The van der Waals surface area contributed by atoms with E-state index in [2.05, 4.69) is 25.7 Å². The molecule has 8 heteroatoms. The fourth-order valence-corrected chi connectivity index (χ4v) is 3.78. The van der Waals surface area contributed by atoms with E-state index in [9.17, 15) is 13.7 Å². The molecule has 2 N–H and O–H groups in total. The van der Waals surface area contributed by atoms with Crippen LogP contribution in [-0.2, 0) is 10.0 Å². The zero-order chi connectivity index (χ0) is 18.9. The van der Waals surface area contributed by atoms with Crippen molar-refractivity contribution in [3.63, 3.8) is 0 Å². The number of anilines is 1. The number of fused-ring (bicyclic) bond motifs is 1. The highest BCUT2D eigenvalue weighted by Crippen LogP contribution is 2.26. The third-order valence-corrected chi connectivity index (χ3v) is 5.43. The summed E-state index contributed by atoms with van der Waals surface area (Å²) in [5.41, 5.74) is 2.86. The average molecular weight is 375 g/mol. The lowest BCUT2D eigenvalue weighted by molar-refractivity contribution is 0.601. The van der Waals surface area contributed by atoms with Gasteiger partial charge in [-0.15, -0.1) is 0 Å². The van der Waals surface area contributed by atoms with Gasteiger partial charge in [-0.2, -0.15) is 5.26 Å². The van der Waals surface area contributed by atoms with Gasteiger partial charge in [0, 0.05) is 35.1 Å². The van der Waals surface area contributed by atoms with Crippen molar-refractivity contribution in [1.29, 1.82) is 5.26 Å². The van der Waals surface area contributed by atoms with Crippen LogP contribution in [0.25, 0.3) is 22.2 Å². The molecule has 0 aliphatic heterocycles. The lowest BCUT2D eigenvalue weighted by Crippen LogP contribution is -2.12. The molecule has 4 aromatic rings. The van der Waals surface area contributed by atoms with Gasteiger partial charge in [-0.25, -0.2) is 13.4 Å². The molecule has 4 rings (SSSR count). The van der Waals surface area contributed by atoms with Gasteiger partial charge in [-0.3, -0.25) is 9.71 Å². The summed E-state index contributed by atoms with van der Waals surface area (Å²) in [7, 11) is -3.70. The molecule has 0 spiro atoms. The Morgan fingerprint density at radius 3 is 2.59 bits per heavy atom. The largest absolute Gasteiger partial charge is 0.345 e. The van der Waals surface area contributed by atoms with Crippen molar-refractivity contribution in [3.8, 4) is 17.2 Å². The van der Waals surface area contributed by atoms with E-state index >= 15 is 0 Å². The summed E-state index contributed by atoms with van der Waals surface area (Å²) < 4.78 is 27.5. The van der Waals surface area contributed by atoms with Crippen molar-refractivity contribution in [2.45, 2.75) is 4.90 Å². The summed E-state index contributed by atoms with van der Waals surface area (Å²) in [6, 6.07) is 13.7. The van der Waals surface area contributed by atoms with E-state index in [0.717, 1.165) is 5.56 Å². The van der Waals surface area contributed by atoms with Crippen LogP contribution in [0.1, 0.15) is 5.56 Å². The number of aromatic nitrogens is 3. The quantitative estimate of drug-likeness (QED) is 0.568. The molecule has 0 aliphatic carbocycles. The van der Waals surface area contributed by atoms with E-state index in [4.69, 9.17) is 0 Å². The standard InChI is InChI=1S/C19H13N5O2S/c20-8-15-11-23-19-18(15)7-14(10-22-19)13-6-16(12-21-9-13)24-27(25,26)17-4-2-1-3-5-17/h1-7,9-12,24H,(H,22,23). The Bertz CT molecular complexity index is 1270. The minimum absolute atomic E-state index is 0.171. The number of pyridine rings is 2.